The van der Waals surface area contributed by atoms with Gasteiger partial charge in [0.2, 0.25) is 11.8 Å². The van der Waals surface area contributed by atoms with E-state index in [4.69, 9.17) is 5.26 Å². The highest BCUT2D eigenvalue weighted by Crippen LogP contribution is 2.45. The molecule has 4 heteroatoms. The third-order valence-corrected chi connectivity index (χ3v) is 4.25. The SMILES string of the molecule is CC(C#N)CN1C(=O)CC2(CCCCC2)CC1=O. The van der Waals surface area contributed by atoms with Crippen LogP contribution in [0.25, 0.3) is 0 Å². The summed E-state index contributed by atoms with van der Waals surface area (Å²) in [6, 6.07) is 2.08. The predicted octanol–water partition coefficient (Wildman–Crippen LogP) is 2.25. The fourth-order valence-corrected chi connectivity index (χ4v) is 3.21. The summed E-state index contributed by atoms with van der Waals surface area (Å²) in [5.74, 6) is -0.427. The summed E-state index contributed by atoms with van der Waals surface area (Å²) in [5.41, 5.74) is -0.0567. The molecule has 1 unspecified atom stereocenters. The van der Waals surface area contributed by atoms with Gasteiger partial charge < -0.3 is 0 Å². The molecule has 0 N–H and O–H groups in total. The third-order valence-electron chi connectivity index (χ3n) is 4.25. The number of piperidine rings is 1. The molecule has 2 fully saturated rings. The largest absolute Gasteiger partial charge is 0.281 e. The summed E-state index contributed by atoms with van der Waals surface area (Å²) in [6.07, 6.45) is 6.50. The van der Waals surface area contributed by atoms with Crippen LogP contribution in [0.1, 0.15) is 51.9 Å². The first-order valence-corrected chi connectivity index (χ1v) is 6.79. The van der Waals surface area contributed by atoms with Gasteiger partial charge in [-0.25, -0.2) is 0 Å². The number of imide groups is 1. The van der Waals surface area contributed by atoms with Crippen molar-refractivity contribution in [1.82, 2.24) is 4.90 Å². The molecule has 2 rings (SSSR count). The Hall–Kier alpha value is -1.37. The van der Waals surface area contributed by atoms with Crippen LogP contribution in [0, 0.1) is 22.7 Å². The number of carbonyl (C=O) groups excluding carboxylic acids is 2. The predicted molar refractivity (Wildman–Crippen MR) is 66.2 cm³/mol. The molecule has 1 atom stereocenters. The standard InChI is InChI=1S/C14H20N2O2/c1-11(9-15)10-16-12(17)7-14(8-13(16)18)5-3-2-4-6-14/h11H,2-8,10H2,1H3. The molecule has 1 saturated heterocycles. The number of amides is 2. The van der Waals surface area contributed by atoms with Gasteiger partial charge >= 0.3 is 0 Å². The fourth-order valence-electron chi connectivity index (χ4n) is 3.21. The van der Waals surface area contributed by atoms with Crippen molar-refractivity contribution in [2.75, 3.05) is 6.54 Å². The smallest absolute Gasteiger partial charge is 0.229 e. The minimum absolute atomic E-state index is 0.0567. The van der Waals surface area contributed by atoms with Gasteiger partial charge in [-0.3, -0.25) is 14.5 Å². The molecule has 1 aliphatic heterocycles. The summed E-state index contributed by atoms with van der Waals surface area (Å²) in [7, 11) is 0. The van der Waals surface area contributed by atoms with Crippen molar-refractivity contribution in [3.8, 4) is 6.07 Å². The van der Waals surface area contributed by atoms with Gasteiger partial charge in [-0.15, -0.1) is 0 Å². The summed E-state index contributed by atoms with van der Waals surface area (Å²) < 4.78 is 0. The lowest BCUT2D eigenvalue weighted by Crippen LogP contribution is -2.49. The van der Waals surface area contributed by atoms with E-state index in [0.717, 1.165) is 25.7 Å². The first kappa shape index (κ1) is 13.1. The number of carbonyl (C=O) groups is 2. The Morgan fingerprint density at radius 2 is 1.78 bits per heavy atom. The van der Waals surface area contributed by atoms with Crippen molar-refractivity contribution < 1.29 is 9.59 Å². The van der Waals surface area contributed by atoms with E-state index in [1.807, 2.05) is 0 Å². The average molecular weight is 248 g/mol. The molecule has 18 heavy (non-hydrogen) atoms. The Balaban J connectivity index is 2.06. The Morgan fingerprint density at radius 3 is 2.28 bits per heavy atom. The molecule has 2 amide bonds. The van der Waals surface area contributed by atoms with E-state index in [-0.39, 0.29) is 29.7 Å². The highest BCUT2D eigenvalue weighted by molar-refractivity contribution is 5.98. The zero-order valence-electron chi connectivity index (χ0n) is 10.9. The Kier molecular flexibility index (Phi) is 3.70. The van der Waals surface area contributed by atoms with Crippen molar-refractivity contribution in [3.63, 3.8) is 0 Å². The van der Waals surface area contributed by atoms with Crippen molar-refractivity contribution >= 4 is 11.8 Å². The summed E-state index contributed by atoms with van der Waals surface area (Å²) in [6.45, 7) is 2.00. The summed E-state index contributed by atoms with van der Waals surface area (Å²) in [5, 5.41) is 8.78. The van der Waals surface area contributed by atoms with E-state index in [0.29, 0.717) is 12.8 Å². The maximum absolute atomic E-state index is 12.1. The highest BCUT2D eigenvalue weighted by Gasteiger charge is 2.44. The van der Waals surface area contributed by atoms with E-state index in [1.165, 1.54) is 11.3 Å². The van der Waals surface area contributed by atoms with Crippen molar-refractivity contribution in [2.45, 2.75) is 51.9 Å². The zero-order chi connectivity index (χ0) is 13.2. The number of hydrogen-bond acceptors (Lipinski definition) is 3. The molecule has 0 aromatic carbocycles. The Labute approximate surface area is 108 Å². The van der Waals surface area contributed by atoms with Gasteiger partial charge in [0.25, 0.3) is 0 Å². The van der Waals surface area contributed by atoms with Crippen LogP contribution in [0.15, 0.2) is 0 Å². The Morgan fingerprint density at radius 1 is 1.22 bits per heavy atom. The van der Waals surface area contributed by atoms with Gasteiger partial charge in [0.05, 0.1) is 12.0 Å². The molecule has 0 aromatic rings. The second-order valence-electron chi connectivity index (χ2n) is 5.84. The van der Waals surface area contributed by atoms with Crippen molar-refractivity contribution in [1.29, 1.82) is 5.26 Å². The molecule has 1 aliphatic carbocycles. The molecule has 0 radical (unpaired) electrons. The molecule has 0 aromatic heterocycles. The maximum Gasteiger partial charge on any atom is 0.229 e. The van der Waals surface area contributed by atoms with Gasteiger partial charge in [-0.1, -0.05) is 19.3 Å². The second kappa shape index (κ2) is 5.09. The lowest BCUT2D eigenvalue weighted by molar-refractivity contribution is -0.155. The molecule has 0 bridgehead atoms. The van der Waals surface area contributed by atoms with Crippen LogP contribution in [-0.4, -0.2) is 23.3 Å². The molecule has 4 nitrogen and oxygen atoms in total. The fraction of sp³-hybridized carbons (Fsp3) is 0.786. The normalized spacial score (nSPS) is 25.0. The topological polar surface area (TPSA) is 61.2 Å². The minimum Gasteiger partial charge on any atom is -0.281 e. The van der Waals surface area contributed by atoms with Crippen LogP contribution >= 0.6 is 0 Å². The summed E-state index contributed by atoms with van der Waals surface area (Å²) >= 11 is 0. The van der Waals surface area contributed by atoms with Crippen molar-refractivity contribution in [3.05, 3.63) is 0 Å². The zero-order valence-corrected chi connectivity index (χ0v) is 10.9. The van der Waals surface area contributed by atoms with E-state index in [2.05, 4.69) is 6.07 Å². The molecule has 1 spiro atoms. The van der Waals surface area contributed by atoms with E-state index in [1.54, 1.807) is 6.92 Å². The number of rotatable bonds is 2. The molecule has 98 valence electrons. The number of likely N-dealkylation sites (tertiary alicyclic amines) is 1. The molecule has 1 saturated carbocycles. The third kappa shape index (κ3) is 2.55. The molecule has 2 aliphatic rings. The minimum atomic E-state index is -0.279. The van der Waals surface area contributed by atoms with E-state index in [9.17, 15) is 9.59 Å². The molecular weight excluding hydrogens is 228 g/mol. The average Bonchev–Trinajstić information content (AvgIpc) is 2.34. The van der Waals surface area contributed by atoms with E-state index >= 15 is 0 Å². The van der Waals surface area contributed by atoms with Crippen LogP contribution in [-0.2, 0) is 9.59 Å². The Bertz CT molecular complexity index is 371. The first-order valence-electron chi connectivity index (χ1n) is 6.79. The van der Waals surface area contributed by atoms with Gasteiger partial charge in [0.1, 0.15) is 0 Å². The summed E-state index contributed by atoms with van der Waals surface area (Å²) in [4.78, 5) is 25.5. The molecular formula is C14H20N2O2. The maximum atomic E-state index is 12.1. The van der Waals surface area contributed by atoms with Gasteiger partial charge in [-0.2, -0.15) is 5.26 Å². The van der Waals surface area contributed by atoms with Crippen LogP contribution < -0.4 is 0 Å². The van der Waals surface area contributed by atoms with Crippen molar-refractivity contribution in [2.24, 2.45) is 11.3 Å². The number of hydrogen-bond donors (Lipinski definition) is 0. The van der Waals surface area contributed by atoms with Crippen LogP contribution in [0.5, 0.6) is 0 Å². The lowest BCUT2D eigenvalue weighted by Gasteiger charge is -2.42. The van der Waals surface area contributed by atoms with Crippen LogP contribution in [0.4, 0.5) is 0 Å². The van der Waals surface area contributed by atoms with E-state index < -0.39 is 0 Å². The number of nitriles is 1. The lowest BCUT2D eigenvalue weighted by atomic mass is 9.67. The number of nitrogens with zero attached hydrogens (tertiary/aromatic N) is 2. The van der Waals surface area contributed by atoms with Crippen LogP contribution in [0.2, 0.25) is 0 Å². The second-order valence-corrected chi connectivity index (χ2v) is 5.84. The van der Waals surface area contributed by atoms with Gasteiger partial charge in [-0.05, 0) is 25.2 Å². The quantitative estimate of drug-likeness (QED) is 0.704. The van der Waals surface area contributed by atoms with Gasteiger partial charge in [0.15, 0.2) is 0 Å². The first-order chi connectivity index (χ1) is 8.56. The van der Waals surface area contributed by atoms with Gasteiger partial charge in [0, 0.05) is 19.4 Å². The van der Waals surface area contributed by atoms with Crippen LogP contribution in [0.3, 0.4) is 0 Å². The monoisotopic (exact) mass is 248 g/mol. The molecule has 1 heterocycles. The highest BCUT2D eigenvalue weighted by atomic mass is 16.2.